The summed E-state index contributed by atoms with van der Waals surface area (Å²) in [6.45, 7) is 2.14. The molecule has 19 heavy (non-hydrogen) atoms. The van der Waals surface area contributed by atoms with Crippen LogP contribution in [-0.4, -0.2) is 15.7 Å². The molecular formula is C14H15ClN2S2. The molecule has 0 amide bonds. The van der Waals surface area contributed by atoms with E-state index in [0.717, 1.165) is 28.1 Å². The van der Waals surface area contributed by atoms with Crippen LogP contribution in [0.5, 0.6) is 0 Å². The fourth-order valence-corrected chi connectivity index (χ4v) is 3.36. The van der Waals surface area contributed by atoms with Crippen LogP contribution in [-0.2, 0) is 5.75 Å². The van der Waals surface area contributed by atoms with E-state index in [1.165, 1.54) is 5.56 Å². The van der Waals surface area contributed by atoms with E-state index in [9.17, 15) is 0 Å². The van der Waals surface area contributed by atoms with Crippen LogP contribution < -0.4 is 0 Å². The molecule has 5 heteroatoms. The standard InChI is InChI=1S/C14H15ClN2S2/c1-2-8-18-14-16-12(15)9-13(17-14)19-10-11-6-4-3-5-7-11/h3-7,9H,2,8,10H2,1H3. The van der Waals surface area contributed by atoms with Gasteiger partial charge in [0.2, 0.25) is 0 Å². The van der Waals surface area contributed by atoms with Crippen molar-refractivity contribution in [2.45, 2.75) is 29.3 Å². The van der Waals surface area contributed by atoms with Crippen LogP contribution in [0.15, 0.2) is 46.6 Å². The van der Waals surface area contributed by atoms with Crippen LogP contribution >= 0.6 is 35.1 Å². The highest BCUT2D eigenvalue weighted by molar-refractivity contribution is 7.99. The minimum absolute atomic E-state index is 0.518. The maximum atomic E-state index is 6.03. The molecule has 1 aromatic carbocycles. The van der Waals surface area contributed by atoms with Crippen LogP contribution in [0.2, 0.25) is 5.15 Å². The zero-order valence-corrected chi connectivity index (χ0v) is 13.1. The van der Waals surface area contributed by atoms with Crippen LogP contribution in [0.4, 0.5) is 0 Å². The van der Waals surface area contributed by atoms with Crippen molar-refractivity contribution in [3.63, 3.8) is 0 Å². The SMILES string of the molecule is CCCSc1nc(Cl)cc(SCc2ccccc2)n1. The molecule has 0 radical (unpaired) electrons. The third-order valence-electron chi connectivity index (χ3n) is 2.32. The van der Waals surface area contributed by atoms with Gasteiger partial charge in [-0.15, -0.1) is 11.8 Å². The highest BCUT2D eigenvalue weighted by atomic mass is 35.5. The van der Waals surface area contributed by atoms with Crippen molar-refractivity contribution in [2.24, 2.45) is 0 Å². The molecule has 0 N–H and O–H groups in total. The van der Waals surface area contributed by atoms with E-state index < -0.39 is 0 Å². The number of halogens is 1. The molecule has 0 aliphatic rings. The minimum Gasteiger partial charge on any atom is -0.216 e. The van der Waals surface area contributed by atoms with Crippen LogP contribution in [0.3, 0.4) is 0 Å². The molecule has 0 unspecified atom stereocenters. The number of rotatable bonds is 6. The summed E-state index contributed by atoms with van der Waals surface area (Å²) in [6.07, 6.45) is 1.10. The summed E-state index contributed by atoms with van der Waals surface area (Å²) in [4.78, 5) is 8.75. The zero-order chi connectivity index (χ0) is 13.5. The summed E-state index contributed by atoms with van der Waals surface area (Å²) in [5, 5.41) is 2.22. The second kappa shape index (κ2) is 7.78. The third-order valence-corrected chi connectivity index (χ3v) is 4.55. The van der Waals surface area contributed by atoms with Crippen LogP contribution in [0.25, 0.3) is 0 Å². The van der Waals surface area contributed by atoms with Gasteiger partial charge in [0.05, 0.1) is 0 Å². The highest BCUT2D eigenvalue weighted by Gasteiger charge is 2.05. The molecule has 1 aromatic heterocycles. The van der Waals surface area contributed by atoms with Crippen molar-refractivity contribution in [1.82, 2.24) is 9.97 Å². The van der Waals surface area contributed by atoms with E-state index in [0.29, 0.717) is 5.15 Å². The molecular weight excluding hydrogens is 296 g/mol. The predicted molar refractivity (Wildman–Crippen MR) is 84.1 cm³/mol. The van der Waals surface area contributed by atoms with Gasteiger partial charge in [0.25, 0.3) is 0 Å². The Morgan fingerprint density at radius 1 is 1.11 bits per heavy atom. The Hall–Kier alpha value is -0.710. The number of thioether (sulfide) groups is 2. The van der Waals surface area contributed by atoms with Crippen LogP contribution in [0.1, 0.15) is 18.9 Å². The molecule has 0 saturated heterocycles. The Morgan fingerprint density at radius 3 is 2.63 bits per heavy atom. The van der Waals surface area contributed by atoms with Gasteiger partial charge in [0.15, 0.2) is 5.16 Å². The third kappa shape index (κ3) is 5.05. The fraction of sp³-hybridized carbons (Fsp3) is 0.286. The number of aromatic nitrogens is 2. The first-order valence-corrected chi connectivity index (χ1v) is 8.47. The number of benzene rings is 1. The van der Waals surface area contributed by atoms with Crippen molar-refractivity contribution in [3.05, 3.63) is 47.1 Å². The van der Waals surface area contributed by atoms with Gasteiger partial charge in [-0.05, 0) is 12.0 Å². The second-order valence-corrected chi connectivity index (χ2v) is 6.38. The van der Waals surface area contributed by atoms with E-state index in [1.807, 2.05) is 24.3 Å². The van der Waals surface area contributed by atoms with E-state index in [2.05, 4.69) is 29.0 Å². The van der Waals surface area contributed by atoms with E-state index in [1.54, 1.807) is 23.5 Å². The summed E-state index contributed by atoms with van der Waals surface area (Å²) in [5.74, 6) is 1.91. The number of nitrogens with zero attached hydrogens (tertiary/aromatic N) is 2. The Kier molecular flexibility index (Phi) is 6.01. The van der Waals surface area contributed by atoms with Gasteiger partial charge in [-0.25, -0.2) is 9.97 Å². The molecule has 0 bridgehead atoms. The fourth-order valence-electron chi connectivity index (χ4n) is 1.44. The topological polar surface area (TPSA) is 25.8 Å². The maximum absolute atomic E-state index is 6.03. The average Bonchev–Trinajstić information content (AvgIpc) is 2.43. The molecule has 0 saturated carbocycles. The molecule has 0 aliphatic heterocycles. The average molecular weight is 311 g/mol. The molecule has 0 aliphatic carbocycles. The molecule has 2 aromatic rings. The Labute approximate surface area is 127 Å². The quantitative estimate of drug-likeness (QED) is 0.429. The van der Waals surface area contributed by atoms with Crippen molar-refractivity contribution in [3.8, 4) is 0 Å². The van der Waals surface area contributed by atoms with Gasteiger partial charge in [0.1, 0.15) is 10.2 Å². The normalized spacial score (nSPS) is 10.6. The molecule has 2 rings (SSSR count). The van der Waals surface area contributed by atoms with Gasteiger partial charge < -0.3 is 0 Å². The molecule has 100 valence electrons. The molecule has 1 heterocycles. The van der Waals surface area contributed by atoms with Gasteiger partial charge in [0, 0.05) is 17.6 Å². The lowest BCUT2D eigenvalue weighted by atomic mass is 10.2. The monoisotopic (exact) mass is 310 g/mol. The summed E-state index contributed by atoms with van der Waals surface area (Å²) >= 11 is 9.37. The van der Waals surface area contributed by atoms with Crippen molar-refractivity contribution >= 4 is 35.1 Å². The highest BCUT2D eigenvalue weighted by Crippen LogP contribution is 2.25. The van der Waals surface area contributed by atoms with Gasteiger partial charge >= 0.3 is 0 Å². The summed E-state index contributed by atoms with van der Waals surface area (Å²) in [7, 11) is 0. The van der Waals surface area contributed by atoms with Crippen molar-refractivity contribution in [2.75, 3.05) is 5.75 Å². The lowest BCUT2D eigenvalue weighted by molar-refractivity contribution is 0.889. The Bertz CT molecular complexity index is 520. The first-order chi connectivity index (χ1) is 9.28. The Balaban J connectivity index is 2.01. The maximum Gasteiger partial charge on any atom is 0.190 e. The molecule has 0 spiro atoms. The lowest BCUT2D eigenvalue weighted by Crippen LogP contribution is -1.91. The molecule has 2 nitrogen and oxygen atoms in total. The smallest absolute Gasteiger partial charge is 0.190 e. The Morgan fingerprint density at radius 2 is 1.89 bits per heavy atom. The van der Waals surface area contributed by atoms with Crippen molar-refractivity contribution < 1.29 is 0 Å². The minimum atomic E-state index is 0.518. The number of hydrogen-bond acceptors (Lipinski definition) is 4. The number of hydrogen-bond donors (Lipinski definition) is 0. The van der Waals surface area contributed by atoms with Crippen molar-refractivity contribution in [1.29, 1.82) is 0 Å². The van der Waals surface area contributed by atoms with E-state index in [-0.39, 0.29) is 0 Å². The summed E-state index contributed by atoms with van der Waals surface area (Å²) in [5.41, 5.74) is 1.28. The molecule has 0 atom stereocenters. The second-order valence-electron chi connectivity index (χ2n) is 3.93. The summed E-state index contributed by atoms with van der Waals surface area (Å²) in [6, 6.07) is 12.2. The first kappa shape index (κ1) is 14.7. The predicted octanol–water partition coefficient (Wildman–Crippen LogP) is 4.92. The zero-order valence-electron chi connectivity index (χ0n) is 10.7. The van der Waals surface area contributed by atoms with E-state index in [4.69, 9.17) is 11.6 Å². The summed E-state index contributed by atoms with van der Waals surface area (Å²) < 4.78 is 0. The van der Waals surface area contributed by atoms with Crippen LogP contribution in [0, 0.1) is 0 Å². The van der Waals surface area contributed by atoms with Gasteiger partial charge in [-0.1, -0.05) is 60.6 Å². The van der Waals surface area contributed by atoms with Gasteiger partial charge in [-0.2, -0.15) is 0 Å². The van der Waals surface area contributed by atoms with E-state index >= 15 is 0 Å². The van der Waals surface area contributed by atoms with Gasteiger partial charge in [-0.3, -0.25) is 0 Å². The largest absolute Gasteiger partial charge is 0.216 e. The first-order valence-electron chi connectivity index (χ1n) is 6.12. The lowest BCUT2D eigenvalue weighted by Gasteiger charge is -2.04. The molecule has 0 fully saturated rings.